The Morgan fingerprint density at radius 1 is 1.59 bits per heavy atom. The van der Waals surface area contributed by atoms with E-state index < -0.39 is 0 Å². The maximum Gasteiger partial charge on any atom is 0.234 e. The first-order valence-electron chi connectivity index (χ1n) is 4.92. The second kappa shape index (κ2) is 7.13. The SMILES string of the molecule is CSCC(=O)Nc1cccc(OCC(N)=S)c1. The average Bonchev–Trinajstić information content (AvgIpc) is 2.27. The first-order chi connectivity index (χ1) is 8.11. The molecule has 0 aliphatic heterocycles. The molecular weight excluding hydrogens is 256 g/mol. The highest BCUT2D eigenvalue weighted by atomic mass is 32.2. The number of anilines is 1. The lowest BCUT2D eigenvalue weighted by Crippen LogP contribution is -2.18. The number of rotatable bonds is 6. The Bertz CT molecular complexity index is 410. The predicted octanol–water partition coefficient (Wildman–Crippen LogP) is 1.65. The molecule has 4 nitrogen and oxygen atoms in total. The molecule has 1 aromatic rings. The van der Waals surface area contributed by atoms with Gasteiger partial charge in [0.2, 0.25) is 5.91 Å². The van der Waals surface area contributed by atoms with Crippen LogP contribution in [0.5, 0.6) is 5.75 Å². The molecule has 1 rings (SSSR count). The van der Waals surface area contributed by atoms with Gasteiger partial charge in [-0.1, -0.05) is 18.3 Å². The number of hydrogen-bond donors (Lipinski definition) is 2. The second-order valence-electron chi connectivity index (χ2n) is 3.26. The summed E-state index contributed by atoms with van der Waals surface area (Å²) in [4.78, 5) is 11.7. The van der Waals surface area contributed by atoms with Gasteiger partial charge >= 0.3 is 0 Å². The van der Waals surface area contributed by atoms with Gasteiger partial charge < -0.3 is 15.8 Å². The van der Waals surface area contributed by atoms with E-state index in [1.54, 1.807) is 24.3 Å². The van der Waals surface area contributed by atoms with E-state index in [1.165, 1.54) is 11.8 Å². The van der Waals surface area contributed by atoms with Crippen LogP contribution in [0.25, 0.3) is 0 Å². The molecule has 0 unspecified atom stereocenters. The second-order valence-corrected chi connectivity index (χ2v) is 4.65. The fourth-order valence-corrected chi connectivity index (χ4v) is 1.54. The lowest BCUT2D eigenvalue weighted by molar-refractivity contribution is -0.113. The van der Waals surface area contributed by atoms with Crippen LogP contribution in [-0.4, -0.2) is 29.5 Å². The molecule has 0 aliphatic carbocycles. The Hall–Kier alpha value is -1.27. The summed E-state index contributed by atoms with van der Waals surface area (Å²) in [5.74, 6) is 1.02. The summed E-state index contributed by atoms with van der Waals surface area (Å²) in [6, 6.07) is 7.11. The van der Waals surface area contributed by atoms with Crippen LogP contribution in [-0.2, 0) is 4.79 Å². The van der Waals surface area contributed by atoms with Crippen LogP contribution < -0.4 is 15.8 Å². The van der Waals surface area contributed by atoms with Crippen LogP contribution in [0.15, 0.2) is 24.3 Å². The van der Waals surface area contributed by atoms with Crippen molar-refractivity contribution in [3.05, 3.63) is 24.3 Å². The molecule has 0 aliphatic rings. The van der Waals surface area contributed by atoms with Crippen molar-refractivity contribution in [1.29, 1.82) is 0 Å². The summed E-state index contributed by atoms with van der Waals surface area (Å²) in [6.07, 6.45) is 1.88. The molecule has 0 aromatic heterocycles. The predicted molar refractivity (Wildman–Crippen MR) is 75.7 cm³/mol. The number of thioether (sulfide) groups is 1. The van der Waals surface area contributed by atoms with Crippen molar-refractivity contribution in [1.82, 2.24) is 0 Å². The van der Waals surface area contributed by atoms with E-state index in [9.17, 15) is 4.79 Å². The topological polar surface area (TPSA) is 64.3 Å². The molecule has 0 radical (unpaired) electrons. The number of hydrogen-bond acceptors (Lipinski definition) is 4. The van der Waals surface area contributed by atoms with Crippen LogP contribution in [0, 0.1) is 0 Å². The maximum absolute atomic E-state index is 11.4. The molecule has 0 saturated heterocycles. The van der Waals surface area contributed by atoms with Gasteiger partial charge in [0, 0.05) is 11.8 Å². The van der Waals surface area contributed by atoms with E-state index in [0.717, 1.165) is 0 Å². The minimum absolute atomic E-state index is 0.0380. The van der Waals surface area contributed by atoms with Gasteiger partial charge in [-0.2, -0.15) is 11.8 Å². The van der Waals surface area contributed by atoms with Crippen LogP contribution in [0.2, 0.25) is 0 Å². The van der Waals surface area contributed by atoms with Crippen LogP contribution in [0.4, 0.5) is 5.69 Å². The van der Waals surface area contributed by atoms with Crippen molar-refractivity contribution < 1.29 is 9.53 Å². The van der Waals surface area contributed by atoms with E-state index in [2.05, 4.69) is 5.32 Å². The number of benzene rings is 1. The van der Waals surface area contributed by atoms with Gasteiger partial charge in [-0.05, 0) is 18.4 Å². The first-order valence-corrected chi connectivity index (χ1v) is 6.72. The third-order valence-corrected chi connectivity index (χ3v) is 2.44. The normalized spacial score (nSPS) is 9.71. The first kappa shape index (κ1) is 13.8. The molecule has 17 heavy (non-hydrogen) atoms. The lowest BCUT2D eigenvalue weighted by atomic mass is 10.3. The number of nitrogens with two attached hydrogens (primary N) is 1. The van der Waals surface area contributed by atoms with Crippen molar-refractivity contribution in [2.24, 2.45) is 5.73 Å². The Morgan fingerprint density at radius 3 is 3.00 bits per heavy atom. The molecule has 0 heterocycles. The minimum Gasteiger partial charge on any atom is -0.486 e. The van der Waals surface area contributed by atoms with Crippen molar-refractivity contribution in [3.8, 4) is 5.75 Å². The van der Waals surface area contributed by atoms with Crippen LogP contribution in [0.3, 0.4) is 0 Å². The molecule has 0 saturated carbocycles. The summed E-state index contributed by atoms with van der Waals surface area (Å²) < 4.78 is 5.33. The van der Waals surface area contributed by atoms with E-state index >= 15 is 0 Å². The molecule has 0 fully saturated rings. The minimum atomic E-state index is -0.0380. The van der Waals surface area contributed by atoms with Gasteiger partial charge in [-0.15, -0.1) is 0 Å². The lowest BCUT2D eigenvalue weighted by Gasteiger charge is -2.08. The summed E-state index contributed by atoms with van der Waals surface area (Å²) >= 11 is 6.18. The quantitative estimate of drug-likeness (QED) is 0.770. The van der Waals surface area contributed by atoms with Gasteiger partial charge in [0.1, 0.15) is 17.3 Å². The number of carbonyl (C=O) groups is 1. The fourth-order valence-electron chi connectivity index (χ4n) is 1.15. The molecule has 1 amide bonds. The highest BCUT2D eigenvalue weighted by Crippen LogP contribution is 2.17. The number of carbonyl (C=O) groups excluding carboxylic acids is 1. The molecular formula is C11H14N2O2S2. The Kier molecular flexibility index (Phi) is 5.79. The van der Waals surface area contributed by atoms with Crippen LogP contribution >= 0.6 is 24.0 Å². The zero-order valence-electron chi connectivity index (χ0n) is 9.43. The van der Waals surface area contributed by atoms with Gasteiger partial charge in [0.05, 0.1) is 5.75 Å². The molecule has 0 atom stereocenters. The Balaban J connectivity index is 2.59. The smallest absolute Gasteiger partial charge is 0.234 e. The highest BCUT2D eigenvalue weighted by Gasteiger charge is 2.02. The van der Waals surface area contributed by atoms with Crippen molar-refractivity contribution in [3.63, 3.8) is 0 Å². The standard InChI is InChI=1S/C11H14N2O2S2/c1-17-7-11(14)13-8-3-2-4-9(5-8)15-6-10(12)16/h2-5H,6-7H2,1H3,(H2,12,16)(H,13,14). The monoisotopic (exact) mass is 270 g/mol. The van der Waals surface area contributed by atoms with Crippen molar-refractivity contribution >= 4 is 40.6 Å². The summed E-state index contributed by atoms with van der Waals surface area (Å²) in [5, 5.41) is 2.77. The summed E-state index contributed by atoms with van der Waals surface area (Å²) in [7, 11) is 0. The third-order valence-electron chi connectivity index (χ3n) is 1.77. The van der Waals surface area contributed by atoms with E-state index in [1.807, 2.05) is 6.26 Å². The zero-order chi connectivity index (χ0) is 12.7. The summed E-state index contributed by atoms with van der Waals surface area (Å²) in [6.45, 7) is 0.192. The molecule has 6 heteroatoms. The molecule has 0 spiro atoms. The maximum atomic E-state index is 11.4. The average molecular weight is 270 g/mol. The Morgan fingerprint density at radius 2 is 2.35 bits per heavy atom. The molecule has 1 aromatic carbocycles. The van der Waals surface area contributed by atoms with Gasteiger partial charge in [0.25, 0.3) is 0 Å². The fraction of sp³-hybridized carbons (Fsp3) is 0.273. The zero-order valence-corrected chi connectivity index (χ0v) is 11.1. The van der Waals surface area contributed by atoms with E-state index in [4.69, 9.17) is 22.7 Å². The van der Waals surface area contributed by atoms with Gasteiger partial charge in [-0.25, -0.2) is 0 Å². The van der Waals surface area contributed by atoms with Crippen LogP contribution in [0.1, 0.15) is 0 Å². The number of ether oxygens (including phenoxy) is 1. The van der Waals surface area contributed by atoms with E-state index in [-0.39, 0.29) is 12.5 Å². The summed E-state index contributed by atoms with van der Waals surface area (Å²) in [5.41, 5.74) is 6.03. The molecule has 92 valence electrons. The van der Waals surface area contributed by atoms with Gasteiger partial charge in [-0.3, -0.25) is 4.79 Å². The van der Waals surface area contributed by atoms with Gasteiger partial charge in [0.15, 0.2) is 0 Å². The van der Waals surface area contributed by atoms with Crippen molar-refractivity contribution in [2.75, 3.05) is 23.9 Å². The third kappa shape index (κ3) is 5.55. The Labute approximate surface area is 110 Å². The molecule has 0 bridgehead atoms. The number of amides is 1. The molecule has 3 N–H and O–H groups in total. The largest absolute Gasteiger partial charge is 0.486 e. The highest BCUT2D eigenvalue weighted by molar-refractivity contribution is 7.99. The number of nitrogens with one attached hydrogen (secondary N) is 1. The van der Waals surface area contributed by atoms with E-state index in [0.29, 0.717) is 22.2 Å². The van der Waals surface area contributed by atoms with Crippen molar-refractivity contribution in [2.45, 2.75) is 0 Å². The number of thiocarbonyl (C=S) groups is 1.